The van der Waals surface area contributed by atoms with Crippen LogP contribution in [0.25, 0.3) is 0 Å². The summed E-state index contributed by atoms with van der Waals surface area (Å²) < 4.78 is 18.2. The van der Waals surface area contributed by atoms with Gasteiger partial charge >= 0.3 is 0 Å². The van der Waals surface area contributed by atoms with Crippen LogP contribution in [-0.2, 0) is 14.2 Å². The van der Waals surface area contributed by atoms with Crippen LogP contribution in [0.1, 0.15) is 19.8 Å². The van der Waals surface area contributed by atoms with Gasteiger partial charge in [0.2, 0.25) is 0 Å². The topological polar surface area (TPSA) is 27.7 Å². The van der Waals surface area contributed by atoms with E-state index in [-0.39, 0.29) is 12.6 Å². The van der Waals surface area contributed by atoms with Gasteiger partial charge in [-0.3, -0.25) is 0 Å². The molecule has 1 saturated carbocycles. The summed E-state index contributed by atoms with van der Waals surface area (Å²) in [5, 5.41) is 0. The SMILES string of the molecule is CC1=C[C@@H]2O[C@@H]3O[C@@H]4O[C@H]1[C@H]1[C@@H]4CC[C@@H]3[C@H]12. The van der Waals surface area contributed by atoms with Crippen molar-refractivity contribution < 1.29 is 14.2 Å². The number of hydrogen-bond donors (Lipinski definition) is 0. The van der Waals surface area contributed by atoms with Crippen molar-refractivity contribution in [1.82, 2.24) is 0 Å². The van der Waals surface area contributed by atoms with Gasteiger partial charge in [0.25, 0.3) is 0 Å². The Labute approximate surface area is 94.7 Å². The molecule has 16 heavy (non-hydrogen) atoms. The molecule has 0 aromatic heterocycles. The summed E-state index contributed by atoms with van der Waals surface area (Å²) in [7, 11) is 0. The van der Waals surface area contributed by atoms with Crippen LogP contribution in [0.5, 0.6) is 0 Å². The van der Waals surface area contributed by atoms with E-state index in [1.54, 1.807) is 0 Å². The summed E-state index contributed by atoms with van der Waals surface area (Å²) in [6.45, 7) is 2.19. The lowest BCUT2D eigenvalue weighted by Crippen LogP contribution is -2.43. The van der Waals surface area contributed by atoms with E-state index in [0.717, 1.165) is 0 Å². The second-order valence-electron chi connectivity index (χ2n) is 6.00. The number of ether oxygens (including phenoxy) is 3. The van der Waals surface area contributed by atoms with Crippen molar-refractivity contribution in [2.45, 2.75) is 44.6 Å². The molecule has 4 aliphatic heterocycles. The minimum atomic E-state index is 0.0115. The molecule has 6 rings (SSSR count). The molecule has 0 amide bonds. The monoisotopic (exact) mass is 220 g/mol. The third-order valence-electron chi connectivity index (χ3n) is 5.41. The van der Waals surface area contributed by atoms with Crippen LogP contribution in [0.15, 0.2) is 11.6 Å². The highest BCUT2D eigenvalue weighted by Gasteiger charge is 2.65. The number of hydrogen-bond acceptors (Lipinski definition) is 3. The molecule has 0 N–H and O–H groups in total. The predicted molar refractivity (Wildman–Crippen MR) is 55.4 cm³/mol. The lowest BCUT2D eigenvalue weighted by Gasteiger charge is -2.40. The van der Waals surface area contributed by atoms with E-state index >= 15 is 0 Å². The largest absolute Gasteiger partial charge is 0.345 e. The highest BCUT2D eigenvalue weighted by Crippen LogP contribution is 2.61. The van der Waals surface area contributed by atoms with Gasteiger partial charge in [0.1, 0.15) is 0 Å². The van der Waals surface area contributed by atoms with Crippen LogP contribution in [0, 0.1) is 23.7 Å². The zero-order valence-corrected chi connectivity index (χ0v) is 9.34. The molecular formula is C13H16O3. The quantitative estimate of drug-likeness (QED) is 0.581. The molecule has 3 heteroatoms. The lowest BCUT2D eigenvalue weighted by molar-refractivity contribution is -0.238. The molecular weight excluding hydrogens is 204 g/mol. The highest BCUT2D eigenvalue weighted by molar-refractivity contribution is 5.24. The highest BCUT2D eigenvalue weighted by atomic mass is 16.8. The Hall–Kier alpha value is -0.380. The molecule has 0 radical (unpaired) electrons. The molecule has 4 heterocycles. The van der Waals surface area contributed by atoms with Crippen molar-refractivity contribution in [3.63, 3.8) is 0 Å². The second kappa shape index (κ2) is 2.55. The van der Waals surface area contributed by atoms with Gasteiger partial charge in [0.15, 0.2) is 12.6 Å². The molecule has 0 unspecified atom stereocenters. The van der Waals surface area contributed by atoms with Gasteiger partial charge < -0.3 is 14.2 Å². The van der Waals surface area contributed by atoms with Crippen molar-refractivity contribution in [1.29, 1.82) is 0 Å². The number of fused-ring (bicyclic) bond motifs is 1. The third-order valence-corrected chi connectivity index (χ3v) is 5.41. The molecule has 0 aromatic carbocycles. The van der Waals surface area contributed by atoms with Crippen LogP contribution in [0.2, 0.25) is 0 Å². The van der Waals surface area contributed by atoms with Crippen molar-refractivity contribution in [2.24, 2.45) is 23.7 Å². The minimum Gasteiger partial charge on any atom is -0.345 e. The van der Waals surface area contributed by atoms with Gasteiger partial charge in [-0.15, -0.1) is 0 Å². The molecule has 5 fully saturated rings. The van der Waals surface area contributed by atoms with E-state index in [2.05, 4.69) is 13.0 Å². The van der Waals surface area contributed by atoms with E-state index in [0.29, 0.717) is 35.9 Å². The fourth-order valence-corrected chi connectivity index (χ4v) is 4.86. The zero-order valence-electron chi connectivity index (χ0n) is 9.34. The first-order chi connectivity index (χ1) is 7.83. The maximum Gasteiger partial charge on any atom is 0.164 e. The van der Waals surface area contributed by atoms with E-state index < -0.39 is 0 Å². The maximum atomic E-state index is 6.11. The van der Waals surface area contributed by atoms with Crippen LogP contribution >= 0.6 is 0 Å². The first kappa shape index (κ1) is 8.67. The Balaban J connectivity index is 1.76. The fraction of sp³-hybridized carbons (Fsp3) is 0.846. The molecule has 0 aromatic rings. The molecule has 8 atom stereocenters. The van der Waals surface area contributed by atoms with E-state index in [9.17, 15) is 0 Å². The Kier molecular flexibility index (Phi) is 1.38. The van der Waals surface area contributed by atoms with E-state index in [4.69, 9.17) is 14.2 Å². The molecule has 6 aliphatic rings. The third kappa shape index (κ3) is 0.783. The number of rotatable bonds is 0. The summed E-state index contributed by atoms with van der Waals surface area (Å²) in [4.78, 5) is 0. The second-order valence-corrected chi connectivity index (χ2v) is 6.00. The molecule has 6 bridgehead atoms. The van der Waals surface area contributed by atoms with Crippen LogP contribution in [-0.4, -0.2) is 24.8 Å². The van der Waals surface area contributed by atoms with Gasteiger partial charge in [-0.1, -0.05) is 6.08 Å². The lowest BCUT2D eigenvalue weighted by atomic mass is 9.62. The maximum absolute atomic E-state index is 6.11. The van der Waals surface area contributed by atoms with Crippen molar-refractivity contribution >= 4 is 0 Å². The fourth-order valence-electron chi connectivity index (χ4n) is 4.86. The Morgan fingerprint density at radius 1 is 1.00 bits per heavy atom. The standard InChI is InChI=1S/C13H16O3/c1-5-4-8-9-6-2-3-7-10(9)11(5)15-13(7)16-12(6)14-8/h4,6-13H,2-3H2,1H3/t6-,7+,8+,9+,10+,11-,12-,13+/m1/s1. The van der Waals surface area contributed by atoms with Crippen molar-refractivity contribution in [3.05, 3.63) is 11.6 Å². The molecule has 2 aliphatic carbocycles. The summed E-state index contributed by atoms with van der Waals surface area (Å²) in [5.74, 6) is 2.61. The van der Waals surface area contributed by atoms with Gasteiger partial charge in [-0.25, -0.2) is 0 Å². The first-order valence-electron chi connectivity index (χ1n) is 6.47. The Morgan fingerprint density at radius 2 is 1.75 bits per heavy atom. The molecule has 4 saturated heterocycles. The van der Waals surface area contributed by atoms with Crippen LogP contribution in [0.4, 0.5) is 0 Å². The van der Waals surface area contributed by atoms with E-state index in [1.165, 1.54) is 18.4 Å². The summed E-state index contributed by atoms with van der Waals surface area (Å²) in [6, 6.07) is 0. The Bertz CT molecular complexity index is 391. The Morgan fingerprint density at radius 3 is 2.62 bits per heavy atom. The summed E-state index contributed by atoms with van der Waals surface area (Å²) in [5.41, 5.74) is 1.37. The van der Waals surface area contributed by atoms with Crippen LogP contribution < -0.4 is 0 Å². The predicted octanol–water partition coefficient (Wildman–Crippen LogP) is 1.68. The average molecular weight is 220 g/mol. The normalized spacial score (nSPS) is 64.9. The first-order valence-corrected chi connectivity index (χ1v) is 6.47. The summed E-state index contributed by atoms with van der Waals surface area (Å²) in [6.07, 6.45) is 5.48. The minimum absolute atomic E-state index is 0.0115. The average Bonchev–Trinajstić information content (AvgIpc) is 2.74. The van der Waals surface area contributed by atoms with Gasteiger partial charge in [-0.2, -0.15) is 0 Å². The van der Waals surface area contributed by atoms with Gasteiger partial charge in [0.05, 0.1) is 12.2 Å². The van der Waals surface area contributed by atoms with E-state index in [1.807, 2.05) is 0 Å². The smallest absolute Gasteiger partial charge is 0.164 e. The van der Waals surface area contributed by atoms with Crippen LogP contribution in [0.3, 0.4) is 0 Å². The van der Waals surface area contributed by atoms with Gasteiger partial charge in [0, 0.05) is 23.7 Å². The van der Waals surface area contributed by atoms with Crippen molar-refractivity contribution in [2.75, 3.05) is 0 Å². The molecule has 3 nitrogen and oxygen atoms in total. The molecule has 0 spiro atoms. The van der Waals surface area contributed by atoms with Crippen molar-refractivity contribution in [3.8, 4) is 0 Å². The summed E-state index contributed by atoms with van der Waals surface area (Å²) >= 11 is 0. The molecule has 86 valence electrons. The zero-order chi connectivity index (χ0) is 10.4. The van der Waals surface area contributed by atoms with Gasteiger partial charge in [-0.05, 0) is 25.3 Å².